The van der Waals surface area contributed by atoms with Crippen molar-refractivity contribution in [1.29, 1.82) is 0 Å². The maximum atomic E-state index is 10.9. The Morgan fingerprint density at radius 1 is 1.50 bits per heavy atom. The third-order valence-electron chi connectivity index (χ3n) is 2.04. The summed E-state index contributed by atoms with van der Waals surface area (Å²) in [5.41, 5.74) is 0.431. The van der Waals surface area contributed by atoms with Gasteiger partial charge in [0.2, 0.25) is 0 Å². The summed E-state index contributed by atoms with van der Waals surface area (Å²) in [6, 6.07) is 5.54. The van der Waals surface area contributed by atoms with Crippen LogP contribution < -0.4 is 34.4 Å². The monoisotopic (exact) mass is 295 g/mol. The molecule has 1 N–H and O–H groups in total. The standard InChI is InChI=1S/C8H8N4O3S2.Na/c1-11-9-8(16)12(10-11)6-3-2-4-7(5-6)17(13,14)15;/h2-5H,1H3,(H-,9,10,13,14,15,16);/q;+1. The van der Waals surface area contributed by atoms with Gasteiger partial charge in [0.05, 0.1) is 4.90 Å². The summed E-state index contributed by atoms with van der Waals surface area (Å²) >= 11 is 4.96. The molecule has 0 amide bonds. The Hall–Kier alpha value is -0.580. The molecule has 0 saturated carbocycles. The molecule has 0 atom stereocenters. The average Bonchev–Trinajstić information content (AvgIpc) is 2.57. The van der Waals surface area contributed by atoms with E-state index in [9.17, 15) is 13.0 Å². The number of aryl methyl sites for hydroxylation is 1. The summed E-state index contributed by atoms with van der Waals surface area (Å²) in [5.74, 6) is 0. The van der Waals surface area contributed by atoms with Crippen molar-refractivity contribution in [2.24, 2.45) is 7.05 Å². The van der Waals surface area contributed by atoms with Crippen molar-refractivity contribution in [3.05, 3.63) is 29.0 Å². The number of aromatic amines is 1. The molecule has 1 heterocycles. The number of nitrogens with zero attached hydrogens (tertiary/aromatic N) is 3. The van der Waals surface area contributed by atoms with Gasteiger partial charge in [0.15, 0.2) is 5.69 Å². The zero-order chi connectivity index (χ0) is 12.6. The molecular weight excluding hydrogens is 287 g/mol. The van der Waals surface area contributed by atoms with Gasteiger partial charge in [0, 0.05) is 6.07 Å². The Morgan fingerprint density at radius 3 is 2.67 bits per heavy atom. The van der Waals surface area contributed by atoms with E-state index in [2.05, 4.69) is 10.3 Å². The van der Waals surface area contributed by atoms with E-state index in [4.69, 9.17) is 12.2 Å². The molecular formula is C8H8N4NaO3S2+. The zero-order valence-corrected chi connectivity index (χ0v) is 13.3. The fraction of sp³-hybridized carbons (Fsp3) is 0.125. The van der Waals surface area contributed by atoms with Gasteiger partial charge < -0.3 is 4.55 Å². The number of hydrogen-bond donors (Lipinski definition) is 1. The van der Waals surface area contributed by atoms with Crippen LogP contribution in [0.5, 0.6) is 0 Å². The molecule has 7 nitrogen and oxygen atoms in total. The van der Waals surface area contributed by atoms with Crippen LogP contribution in [-0.2, 0) is 17.2 Å². The topological polar surface area (TPSA) is 94.7 Å². The van der Waals surface area contributed by atoms with E-state index in [1.54, 1.807) is 13.1 Å². The molecule has 0 unspecified atom stereocenters. The quantitative estimate of drug-likeness (QED) is 0.270. The van der Waals surface area contributed by atoms with Crippen LogP contribution in [-0.4, -0.2) is 28.0 Å². The minimum atomic E-state index is -4.48. The largest absolute Gasteiger partial charge is 1.00 e. The third-order valence-corrected chi connectivity index (χ3v) is 3.13. The normalized spacial score (nSPS) is 11.0. The Kier molecular flexibility index (Phi) is 4.81. The molecule has 0 fully saturated rings. The summed E-state index contributed by atoms with van der Waals surface area (Å²) in [6.07, 6.45) is 0. The number of H-pyrrole nitrogens is 1. The van der Waals surface area contributed by atoms with Crippen LogP contribution in [0.3, 0.4) is 0 Å². The van der Waals surface area contributed by atoms with E-state index >= 15 is 0 Å². The predicted molar refractivity (Wildman–Crippen MR) is 57.9 cm³/mol. The Bertz CT molecular complexity index is 722. The van der Waals surface area contributed by atoms with Crippen molar-refractivity contribution >= 4 is 22.3 Å². The Morgan fingerprint density at radius 2 is 2.17 bits per heavy atom. The van der Waals surface area contributed by atoms with Crippen LogP contribution in [0.25, 0.3) is 5.69 Å². The molecule has 0 spiro atoms. The third kappa shape index (κ3) is 3.25. The predicted octanol–water partition coefficient (Wildman–Crippen LogP) is -3.34. The molecule has 0 aliphatic heterocycles. The van der Waals surface area contributed by atoms with Gasteiger partial charge in [0.25, 0.3) is 0 Å². The minimum Gasteiger partial charge on any atom is -0.744 e. The van der Waals surface area contributed by atoms with E-state index in [0.29, 0.717) is 5.69 Å². The van der Waals surface area contributed by atoms with Gasteiger partial charge in [-0.15, -0.1) is 0 Å². The van der Waals surface area contributed by atoms with Crippen molar-refractivity contribution in [3.63, 3.8) is 0 Å². The summed E-state index contributed by atoms with van der Waals surface area (Å²) in [5, 5.41) is 6.65. The van der Waals surface area contributed by atoms with Gasteiger partial charge in [-0.05, 0) is 29.4 Å². The van der Waals surface area contributed by atoms with Gasteiger partial charge in [0.1, 0.15) is 17.2 Å². The molecule has 0 aliphatic carbocycles. The molecule has 18 heavy (non-hydrogen) atoms. The van der Waals surface area contributed by atoms with Crippen LogP contribution in [0.4, 0.5) is 0 Å². The fourth-order valence-electron chi connectivity index (χ4n) is 1.33. The van der Waals surface area contributed by atoms with E-state index < -0.39 is 10.1 Å². The molecule has 2 aromatic rings. The molecule has 1 aromatic heterocycles. The van der Waals surface area contributed by atoms with Crippen LogP contribution in [0.15, 0.2) is 29.2 Å². The van der Waals surface area contributed by atoms with Crippen molar-refractivity contribution in [1.82, 2.24) is 15.0 Å². The fourth-order valence-corrected chi connectivity index (χ4v) is 2.11. The molecule has 0 saturated heterocycles. The van der Waals surface area contributed by atoms with E-state index in [0.717, 1.165) is 0 Å². The molecule has 10 heteroatoms. The molecule has 0 radical (unpaired) electrons. The second kappa shape index (κ2) is 5.59. The second-order valence-corrected chi connectivity index (χ2v) is 5.04. The van der Waals surface area contributed by atoms with E-state index in [-0.39, 0.29) is 39.2 Å². The van der Waals surface area contributed by atoms with Gasteiger partial charge in [-0.3, -0.25) is 0 Å². The van der Waals surface area contributed by atoms with Gasteiger partial charge in [-0.1, -0.05) is 20.8 Å². The first-order chi connectivity index (χ1) is 7.88. The number of hydrogen-bond acceptors (Lipinski definition) is 5. The van der Waals surface area contributed by atoms with Gasteiger partial charge >= 0.3 is 34.3 Å². The number of aromatic nitrogens is 4. The Labute approximate surface area is 130 Å². The van der Waals surface area contributed by atoms with Crippen molar-refractivity contribution in [2.45, 2.75) is 4.90 Å². The number of rotatable bonds is 2. The summed E-state index contributed by atoms with van der Waals surface area (Å²) in [4.78, 5) is 1.06. The second-order valence-electron chi connectivity index (χ2n) is 3.29. The first kappa shape index (κ1) is 15.5. The summed E-state index contributed by atoms with van der Waals surface area (Å²) in [7, 11) is -2.84. The van der Waals surface area contributed by atoms with Crippen LogP contribution >= 0.6 is 12.2 Å². The molecule has 90 valence electrons. The van der Waals surface area contributed by atoms with Gasteiger partial charge in [-0.25, -0.2) is 8.42 Å². The smallest absolute Gasteiger partial charge is 0.744 e. The maximum absolute atomic E-state index is 10.9. The molecule has 1 aromatic carbocycles. The van der Waals surface area contributed by atoms with Crippen LogP contribution in [0.2, 0.25) is 0 Å². The number of nitrogens with one attached hydrogen (secondary N) is 1. The summed E-state index contributed by atoms with van der Waals surface area (Å²) < 4.78 is 34.3. The molecule has 0 aliphatic rings. The zero-order valence-electron chi connectivity index (χ0n) is 9.69. The Balaban J connectivity index is 0.00000162. The SMILES string of the molecule is C[n+]1nc(=S)n(-c2cccc(S(=O)(=O)[O-])c2)[nH]1.[Na+]. The van der Waals surface area contributed by atoms with Crippen LogP contribution in [0, 0.1) is 4.77 Å². The molecule has 0 bridgehead atoms. The molecule has 2 rings (SSSR count). The van der Waals surface area contributed by atoms with Gasteiger partial charge in [-0.2, -0.15) is 0 Å². The summed E-state index contributed by atoms with van der Waals surface area (Å²) in [6.45, 7) is 0. The first-order valence-corrected chi connectivity index (χ1v) is 6.31. The number of tetrazole rings is 1. The minimum absolute atomic E-state index is 0. The van der Waals surface area contributed by atoms with E-state index in [1.807, 2.05) is 0 Å². The van der Waals surface area contributed by atoms with Crippen molar-refractivity contribution < 1.29 is 47.3 Å². The average molecular weight is 295 g/mol. The van der Waals surface area contributed by atoms with Crippen molar-refractivity contribution in [3.8, 4) is 5.69 Å². The number of benzene rings is 1. The van der Waals surface area contributed by atoms with E-state index in [1.165, 1.54) is 27.7 Å². The maximum Gasteiger partial charge on any atom is 1.00 e. The first-order valence-electron chi connectivity index (χ1n) is 4.49. The van der Waals surface area contributed by atoms with Crippen LogP contribution in [0.1, 0.15) is 0 Å². The van der Waals surface area contributed by atoms with Crippen molar-refractivity contribution in [2.75, 3.05) is 0 Å².